The van der Waals surface area contributed by atoms with Gasteiger partial charge < -0.3 is 4.90 Å². The largest absolute Gasteiger partial charge is 0.323 e. The van der Waals surface area contributed by atoms with Crippen molar-refractivity contribution in [1.82, 2.24) is 14.5 Å². The van der Waals surface area contributed by atoms with Crippen molar-refractivity contribution in [2.75, 3.05) is 11.9 Å². The molecule has 1 saturated heterocycles. The Kier molecular flexibility index (Phi) is 3.83. The van der Waals surface area contributed by atoms with Gasteiger partial charge in [-0.25, -0.2) is 9.18 Å². The van der Waals surface area contributed by atoms with Crippen molar-refractivity contribution in [3.8, 4) is 0 Å². The molecule has 1 aliphatic rings. The number of anilines is 1. The first-order valence-corrected chi connectivity index (χ1v) is 7.51. The van der Waals surface area contributed by atoms with Crippen LogP contribution in [0.4, 0.5) is 14.2 Å². The fourth-order valence-electron chi connectivity index (χ4n) is 2.70. The quantitative estimate of drug-likeness (QED) is 0.926. The van der Waals surface area contributed by atoms with Gasteiger partial charge in [0.2, 0.25) is 0 Å². The first-order valence-electron chi connectivity index (χ1n) is 6.74. The van der Waals surface area contributed by atoms with Gasteiger partial charge >= 0.3 is 6.03 Å². The van der Waals surface area contributed by atoms with Gasteiger partial charge in [0.15, 0.2) is 0 Å². The maximum atomic E-state index is 13.4. The molecule has 2 heterocycles. The third-order valence-corrected chi connectivity index (χ3v) is 4.18. The molecule has 0 saturated carbocycles. The highest BCUT2D eigenvalue weighted by Crippen LogP contribution is 2.35. The average molecular weight is 306 g/mol. The highest BCUT2D eigenvalue weighted by Gasteiger charge is 2.34. The molecule has 1 N–H and O–H groups in total. The summed E-state index contributed by atoms with van der Waals surface area (Å²) in [6, 6.07) is 6.15. The van der Waals surface area contributed by atoms with E-state index in [4.69, 9.17) is 0 Å². The second kappa shape index (κ2) is 5.77. The second-order valence-corrected chi connectivity index (χ2v) is 6.06. The Morgan fingerprint density at radius 3 is 3.10 bits per heavy atom. The first kappa shape index (κ1) is 13.9. The summed E-state index contributed by atoms with van der Waals surface area (Å²) in [5.41, 5.74) is 0.830. The summed E-state index contributed by atoms with van der Waals surface area (Å²) in [6.45, 7) is 2.74. The number of amides is 2. The minimum absolute atomic E-state index is 0.100. The van der Waals surface area contributed by atoms with E-state index in [9.17, 15) is 9.18 Å². The molecule has 21 heavy (non-hydrogen) atoms. The van der Waals surface area contributed by atoms with Gasteiger partial charge in [0.25, 0.3) is 0 Å². The highest BCUT2D eigenvalue weighted by molar-refractivity contribution is 7.10. The first-order chi connectivity index (χ1) is 10.1. The molecule has 110 valence electrons. The summed E-state index contributed by atoms with van der Waals surface area (Å²) in [5.74, 6) is 0.0997. The topological polar surface area (TPSA) is 58.1 Å². The molecule has 2 atom stereocenters. The minimum atomic E-state index is -0.279. The van der Waals surface area contributed by atoms with Crippen LogP contribution in [0.15, 0.2) is 30.5 Å². The molecule has 2 amide bonds. The minimum Gasteiger partial charge on any atom is -0.317 e. The Balaban J connectivity index is 1.80. The van der Waals surface area contributed by atoms with E-state index in [0.717, 1.165) is 23.5 Å². The van der Waals surface area contributed by atoms with Crippen LogP contribution in [0, 0.1) is 11.7 Å². The molecular weight excluding hydrogens is 291 g/mol. The summed E-state index contributed by atoms with van der Waals surface area (Å²) >= 11 is 1.13. The van der Waals surface area contributed by atoms with Gasteiger partial charge in [0, 0.05) is 18.1 Å². The lowest BCUT2D eigenvalue weighted by Gasteiger charge is -2.24. The number of urea groups is 1. The van der Waals surface area contributed by atoms with Crippen LogP contribution in [0.5, 0.6) is 0 Å². The molecule has 3 rings (SSSR count). The van der Waals surface area contributed by atoms with Crippen molar-refractivity contribution in [2.45, 2.75) is 19.4 Å². The Labute approximate surface area is 125 Å². The molecule has 7 heteroatoms. The van der Waals surface area contributed by atoms with Gasteiger partial charge in [-0.2, -0.15) is 0 Å². The van der Waals surface area contributed by atoms with E-state index in [1.54, 1.807) is 11.0 Å². The Morgan fingerprint density at radius 1 is 1.52 bits per heavy atom. The van der Waals surface area contributed by atoms with Crippen LogP contribution < -0.4 is 5.32 Å². The zero-order valence-corrected chi connectivity index (χ0v) is 12.3. The Morgan fingerprint density at radius 2 is 2.38 bits per heavy atom. The van der Waals surface area contributed by atoms with Gasteiger partial charge in [-0.15, -0.1) is 5.10 Å². The van der Waals surface area contributed by atoms with E-state index in [2.05, 4.69) is 21.8 Å². The summed E-state index contributed by atoms with van der Waals surface area (Å²) in [7, 11) is 0. The molecule has 1 aromatic heterocycles. The zero-order chi connectivity index (χ0) is 14.8. The van der Waals surface area contributed by atoms with Crippen molar-refractivity contribution < 1.29 is 9.18 Å². The number of carbonyl (C=O) groups is 1. The zero-order valence-electron chi connectivity index (χ0n) is 11.5. The molecule has 0 radical (unpaired) electrons. The maximum Gasteiger partial charge on any atom is 0.323 e. The van der Waals surface area contributed by atoms with Crippen LogP contribution in [0.3, 0.4) is 0 Å². The van der Waals surface area contributed by atoms with Crippen molar-refractivity contribution in [1.29, 1.82) is 0 Å². The number of carbonyl (C=O) groups excluding carboxylic acids is 1. The smallest absolute Gasteiger partial charge is 0.317 e. The number of hydrogen-bond donors (Lipinski definition) is 1. The molecule has 2 aromatic rings. The monoisotopic (exact) mass is 306 g/mol. The second-order valence-electron chi connectivity index (χ2n) is 5.28. The fraction of sp³-hybridized carbons (Fsp3) is 0.357. The normalized spacial score (nSPS) is 21.5. The summed E-state index contributed by atoms with van der Waals surface area (Å²) in [4.78, 5) is 14.1. The summed E-state index contributed by atoms with van der Waals surface area (Å²) in [5, 5.41) is 7.09. The predicted octanol–water partition coefficient (Wildman–Crippen LogP) is 3.29. The lowest BCUT2D eigenvalue weighted by Crippen LogP contribution is -2.34. The molecule has 2 unspecified atom stereocenters. The number of rotatable bonds is 2. The standard InChI is InChI=1S/C14H15FN4OS/c1-9-5-12(10-3-2-4-11(15)6-10)19(8-9)14(20)17-13-7-16-18-21-13/h2-4,6-7,9,12H,5,8H2,1H3,(H,17,20). The Hall–Kier alpha value is -2.02. The van der Waals surface area contributed by atoms with Crippen molar-refractivity contribution in [2.24, 2.45) is 5.92 Å². The number of likely N-dealkylation sites (tertiary alicyclic amines) is 1. The van der Waals surface area contributed by atoms with Crippen molar-refractivity contribution in [3.63, 3.8) is 0 Å². The average Bonchev–Trinajstić information content (AvgIpc) is 3.08. The van der Waals surface area contributed by atoms with Gasteiger partial charge in [-0.3, -0.25) is 5.32 Å². The third kappa shape index (κ3) is 3.02. The van der Waals surface area contributed by atoms with Crippen LogP contribution in [-0.4, -0.2) is 27.1 Å². The van der Waals surface area contributed by atoms with Crippen LogP contribution in [0.25, 0.3) is 0 Å². The van der Waals surface area contributed by atoms with Crippen molar-refractivity contribution >= 4 is 22.6 Å². The number of halogens is 1. The molecule has 5 nitrogen and oxygen atoms in total. The number of benzene rings is 1. The van der Waals surface area contributed by atoms with E-state index in [1.807, 2.05) is 6.07 Å². The van der Waals surface area contributed by atoms with E-state index in [1.165, 1.54) is 18.3 Å². The number of nitrogens with zero attached hydrogens (tertiary/aromatic N) is 3. The molecule has 0 aliphatic carbocycles. The van der Waals surface area contributed by atoms with E-state index >= 15 is 0 Å². The van der Waals surface area contributed by atoms with E-state index in [0.29, 0.717) is 17.5 Å². The lowest BCUT2D eigenvalue weighted by molar-refractivity contribution is 0.206. The third-order valence-electron chi connectivity index (χ3n) is 3.60. The molecule has 1 aromatic carbocycles. The SMILES string of the molecule is CC1CC(c2cccc(F)c2)N(C(=O)Nc2cnns2)C1. The van der Waals surface area contributed by atoms with Crippen LogP contribution in [0.2, 0.25) is 0 Å². The Bertz CT molecular complexity index is 634. The number of nitrogens with one attached hydrogen (secondary N) is 1. The predicted molar refractivity (Wildman–Crippen MR) is 78.6 cm³/mol. The van der Waals surface area contributed by atoms with Crippen molar-refractivity contribution in [3.05, 3.63) is 41.8 Å². The molecule has 0 spiro atoms. The lowest BCUT2D eigenvalue weighted by atomic mass is 10.0. The fourth-order valence-corrected chi connectivity index (χ4v) is 3.11. The van der Waals surface area contributed by atoms with Gasteiger partial charge in [-0.1, -0.05) is 23.5 Å². The number of hydrogen-bond acceptors (Lipinski definition) is 4. The highest BCUT2D eigenvalue weighted by atomic mass is 32.1. The molecule has 1 aliphatic heterocycles. The maximum absolute atomic E-state index is 13.4. The van der Waals surface area contributed by atoms with E-state index in [-0.39, 0.29) is 17.9 Å². The summed E-state index contributed by atoms with van der Waals surface area (Å²) < 4.78 is 17.1. The molecule has 1 fully saturated rings. The van der Waals surface area contributed by atoms with Gasteiger partial charge in [0.1, 0.15) is 10.8 Å². The number of aromatic nitrogens is 2. The summed E-state index contributed by atoms with van der Waals surface area (Å²) in [6.07, 6.45) is 2.34. The van der Waals surface area contributed by atoms with Crippen LogP contribution >= 0.6 is 11.5 Å². The van der Waals surface area contributed by atoms with Crippen LogP contribution in [0.1, 0.15) is 24.9 Å². The molecular formula is C14H15FN4OS. The van der Waals surface area contributed by atoms with E-state index < -0.39 is 0 Å². The van der Waals surface area contributed by atoms with Gasteiger partial charge in [0.05, 0.1) is 12.2 Å². The molecule has 0 bridgehead atoms. The van der Waals surface area contributed by atoms with Gasteiger partial charge in [-0.05, 0) is 30.0 Å². The van der Waals surface area contributed by atoms with Crippen LogP contribution in [-0.2, 0) is 0 Å².